The molecule has 2 heterocycles. The van der Waals surface area contributed by atoms with Crippen molar-refractivity contribution in [2.75, 3.05) is 6.61 Å². The maximum Gasteiger partial charge on any atom is 0.115 e. The van der Waals surface area contributed by atoms with Gasteiger partial charge in [0.1, 0.15) is 5.82 Å². The number of hydrogen-bond acceptors (Lipinski definition) is 3. The van der Waals surface area contributed by atoms with E-state index >= 15 is 0 Å². The lowest BCUT2D eigenvalue weighted by Gasteiger charge is -2.38. The molecule has 2 N–H and O–H groups in total. The Morgan fingerprint density at radius 1 is 1.47 bits per heavy atom. The van der Waals surface area contributed by atoms with Gasteiger partial charge in [0.25, 0.3) is 0 Å². The van der Waals surface area contributed by atoms with E-state index in [9.17, 15) is 5.11 Å². The van der Waals surface area contributed by atoms with Crippen LogP contribution in [0.2, 0.25) is 4.34 Å². The molecule has 2 aromatic rings. The van der Waals surface area contributed by atoms with Gasteiger partial charge in [0.15, 0.2) is 0 Å². The summed E-state index contributed by atoms with van der Waals surface area (Å²) < 4.78 is 0.775. The van der Waals surface area contributed by atoms with Gasteiger partial charge in [-0.2, -0.15) is 0 Å². The number of hydrogen-bond donors (Lipinski definition) is 2. The molecule has 0 atom stereocenters. The molecule has 90 valence electrons. The highest BCUT2D eigenvalue weighted by Crippen LogP contribution is 2.42. The third-order valence-electron chi connectivity index (χ3n) is 3.53. The quantitative estimate of drug-likeness (QED) is 0.898. The van der Waals surface area contributed by atoms with Gasteiger partial charge < -0.3 is 10.1 Å². The molecule has 3 nitrogen and oxygen atoms in total. The minimum Gasteiger partial charge on any atom is -0.395 e. The average Bonchev–Trinajstić information content (AvgIpc) is 2.86. The Balaban J connectivity index is 1.92. The topological polar surface area (TPSA) is 48.9 Å². The molecule has 0 radical (unpaired) electrons. The molecule has 0 spiro atoms. The zero-order valence-corrected chi connectivity index (χ0v) is 10.8. The summed E-state index contributed by atoms with van der Waals surface area (Å²) in [5.74, 6) is 0.908. The van der Waals surface area contributed by atoms with Gasteiger partial charge >= 0.3 is 0 Å². The number of aliphatic hydroxyl groups excluding tert-OH is 1. The smallest absolute Gasteiger partial charge is 0.115 e. The van der Waals surface area contributed by atoms with Crippen LogP contribution in [0.3, 0.4) is 0 Å². The van der Waals surface area contributed by atoms with Crippen LogP contribution in [0.5, 0.6) is 0 Å². The van der Waals surface area contributed by atoms with E-state index in [1.54, 1.807) is 0 Å². The summed E-state index contributed by atoms with van der Waals surface area (Å²) in [7, 11) is 0. The van der Waals surface area contributed by atoms with Crippen LogP contribution in [0.1, 0.15) is 25.1 Å². The Bertz CT molecular complexity index is 525. The standard InChI is InChI=1S/C12H13ClN2OS/c13-10-3-2-9(17-10)8-6-14-11(15-8)12(7-16)4-1-5-12/h2-3,6,16H,1,4-5,7H2,(H,14,15). The average molecular weight is 269 g/mol. The number of halogens is 1. The van der Waals surface area contributed by atoms with Crippen molar-refractivity contribution in [1.82, 2.24) is 9.97 Å². The van der Waals surface area contributed by atoms with E-state index in [0.717, 1.165) is 33.6 Å². The van der Waals surface area contributed by atoms with Gasteiger partial charge in [-0.1, -0.05) is 18.0 Å². The van der Waals surface area contributed by atoms with Gasteiger partial charge in [-0.3, -0.25) is 0 Å². The number of aliphatic hydroxyl groups is 1. The second kappa shape index (κ2) is 4.12. The molecule has 1 saturated carbocycles. The number of thiophene rings is 1. The summed E-state index contributed by atoms with van der Waals surface area (Å²) in [4.78, 5) is 8.82. The molecule has 0 aromatic carbocycles. The Morgan fingerprint density at radius 2 is 2.29 bits per heavy atom. The maximum absolute atomic E-state index is 9.50. The lowest BCUT2D eigenvalue weighted by molar-refractivity contribution is 0.113. The number of rotatable bonds is 3. The van der Waals surface area contributed by atoms with Gasteiger partial charge in [0.2, 0.25) is 0 Å². The Morgan fingerprint density at radius 3 is 2.82 bits per heavy atom. The predicted octanol–water partition coefficient (Wildman–Crippen LogP) is 3.21. The van der Waals surface area contributed by atoms with E-state index in [1.807, 2.05) is 18.3 Å². The first-order valence-corrected chi connectivity index (χ1v) is 6.85. The van der Waals surface area contributed by atoms with Crippen LogP contribution in [-0.2, 0) is 5.41 Å². The molecule has 17 heavy (non-hydrogen) atoms. The van der Waals surface area contributed by atoms with Crippen LogP contribution in [0.25, 0.3) is 10.6 Å². The molecule has 0 unspecified atom stereocenters. The Labute approximate surface area is 108 Å². The SMILES string of the molecule is OCC1(c2ncc(-c3ccc(Cl)s3)[nH]2)CCC1. The van der Waals surface area contributed by atoms with E-state index in [-0.39, 0.29) is 12.0 Å². The first-order chi connectivity index (χ1) is 8.23. The fraction of sp³-hybridized carbons (Fsp3) is 0.417. The largest absolute Gasteiger partial charge is 0.395 e. The van der Waals surface area contributed by atoms with Crippen molar-refractivity contribution in [1.29, 1.82) is 0 Å². The van der Waals surface area contributed by atoms with Crippen molar-refractivity contribution in [2.24, 2.45) is 0 Å². The van der Waals surface area contributed by atoms with Crippen LogP contribution < -0.4 is 0 Å². The van der Waals surface area contributed by atoms with E-state index in [2.05, 4.69) is 9.97 Å². The summed E-state index contributed by atoms with van der Waals surface area (Å²) >= 11 is 7.45. The fourth-order valence-corrected chi connectivity index (χ4v) is 3.26. The van der Waals surface area contributed by atoms with Gasteiger partial charge in [-0.05, 0) is 25.0 Å². The molecule has 0 amide bonds. The number of nitrogens with one attached hydrogen (secondary N) is 1. The maximum atomic E-state index is 9.50. The van der Waals surface area contributed by atoms with Gasteiger partial charge in [0.05, 0.1) is 33.1 Å². The first-order valence-electron chi connectivity index (χ1n) is 5.66. The van der Waals surface area contributed by atoms with Crippen molar-refractivity contribution in [2.45, 2.75) is 24.7 Å². The highest BCUT2D eigenvalue weighted by molar-refractivity contribution is 7.19. The van der Waals surface area contributed by atoms with Crippen molar-refractivity contribution < 1.29 is 5.11 Å². The molecule has 0 bridgehead atoms. The van der Waals surface area contributed by atoms with Crippen molar-refractivity contribution in [3.8, 4) is 10.6 Å². The molecular formula is C12H13ClN2OS. The first kappa shape index (κ1) is 11.3. The third kappa shape index (κ3) is 1.80. The molecular weight excluding hydrogens is 256 g/mol. The van der Waals surface area contributed by atoms with Crippen molar-refractivity contribution >= 4 is 22.9 Å². The summed E-state index contributed by atoms with van der Waals surface area (Å²) in [6, 6.07) is 3.86. The molecule has 1 aliphatic rings. The minimum absolute atomic E-state index is 0.126. The van der Waals surface area contributed by atoms with Gasteiger partial charge in [0, 0.05) is 0 Å². The second-order valence-electron chi connectivity index (χ2n) is 4.54. The number of nitrogens with zero attached hydrogens (tertiary/aromatic N) is 1. The lowest BCUT2D eigenvalue weighted by atomic mass is 9.69. The number of aromatic nitrogens is 2. The van der Waals surface area contributed by atoms with Gasteiger partial charge in [-0.15, -0.1) is 11.3 Å². The van der Waals surface area contributed by atoms with Crippen LogP contribution in [0.4, 0.5) is 0 Å². The zero-order valence-electron chi connectivity index (χ0n) is 9.24. The van der Waals surface area contributed by atoms with Gasteiger partial charge in [-0.25, -0.2) is 4.98 Å². The molecule has 5 heteroatoms. The van der Waals surface area contributed by atoms with Crippen molar-refractivity contribution in [3.63, 3.8) is 0 Å². The molecule has 1 aliphatic carbocycles. The highest BCUT2D eigenvalue weighted by Gasteiger charge is 2.40. The third-order valence-corrected chi connectivity index (χ3v) is 4.79. The Kier molecular flexibility index (Phi) is 2.73. The molecule has 1 fully saturated rings. The van der Waals surface area contributed by atoms with Crippen LogP contribution in [0, 0.1) is 0 Å². The fourth-order valence-electron chi connectivity index (χ4n) is 2.25. The number of aromatic amines is 1. The van der Waals surface area contributed by atoms with Crippen LogP contribution in [0.15, 0.2) is 18.3 Å². The van der Waals surface area contributed by atoms with E-state index in [1.165, 1.54) is 17.8 Å². The second-order valence-corrected chi connectivity index (χ2v) is 6.26. The molecule has 0 saturated heterocycles. The van der Waals surface area contributed by atoms with E-state index in [4.69, 9.17) is 11.6 Å². The zero-order chi connectivity index (χ0) is 11.9. The number of imidazole rings is 1. The highest BCUT2D eigenvalue weighted by atomic mass is 35.5. The summed E-state index contributed by atoms with van der Waals surface area (Å²) in [6.07, 6.45) is 5.03. The lowest BCUT2D eigenvalue weighted by Crippen LogP contribution is -2.39. The molecule has 0 aliphatic heterocycles. The summed E-state index contributed by atoms with van der Waals surface area (Å²) in [6.45, 7) is 0.172. The normalized spacial score (nSPS) is 18.0. The van der Waals surface area contributed by atoms with E-state index < -0.39 is 0 Å². The van der Waals surface area contributed by atoms with Crippen LogP contribution in [-0.4, -0.2) is 21.7 Å². The minimum atomic E-state index is -0.126. The summed E-state index contributed by atoms with van der Waals surface area (Å²) in [5.41, 5.74) is 0.857. The molecule has 3 rings (SSSR count). The van der Waals surface area contributed by atoms with E-state index in [0.29, 0.717) is 0 Å². The van der Waals surface area contributed by atoms with Crippen molar-refractivity contribution in [3.05, 3.63) is 28.5 Å². The number of H-pyrrole nitrogens is 1. The Hall–Kier alpha value is -0.840. The molecule has 2 aromatic heterocycles. The summed E-state index contributed by atoms with van der Waals surface area (Å²) in [5, 5.41) is 9.50. The monoisotopic (exact) mass is 268 g/mol. The predicted molar refractivity (Wildman–Crippen MR) is 69.5 cm³/mol. The van der Waals surface area contributed by atoms with Crippen LogP contribution >= 0.6 is 22.9 Å².